The molecule has 1 N–H and O–H groups in total. The number of nitrogens with one attached hydrogen (secondary N) is 1. The summed E-state index contributed by atoms with van der Waals surface area (Å²) < 4.78 is 0. The Labute approximate surface area is 88.7 Å². The standard InChI is InChI=1S/C11H16BrN/c1-2-3-10-4-6-11(7-5-10)8-13-9-12/h4-7,13H,2-3,8-9H2,1H3. The fraction of sp³-hybridized carbons (Fsp3) is 0.455. The third-order valence-corrected chi connectivity index (χ3v) is 2.38. The average molecular weight is 242 g/mol. The highest BCUT2D eigenvalue weighted by atomic mass is 79.9. The van der Waals surface area contributed by atoms with Crippen LogP contribution in [-0.4, -0.2) is 5.45 Å². The number of alkyl halides is 1. The molecule has 1 aromatic rings. The molecule has 0 amide bonds. The van der Waals surface area contributed by atoms with Gasteiger partial charge in [-0.05, 0) is 17.5 Å². The second-order valence-electron chi connectivity index (χ2n) is 3.13. The zero-order chi connectivity index (χ0) is 9.52. The first-order valence-electron chi connectivity index (χ1n) is 4.71. The molecule has 0 bridgehead atoms. The molecule has 0 saturated carbocycles. The lowest BCUT2D eigenvalue weighted by molar-refractivity contribution is 0.800. The Hall–Kier alpha value is -0.340. The number of benzene rings is 1. The molecular formula is C11H16BrN. The normalized spacial score (nSPS) is 10.3. The van der Waals surface area contributed by atoms with Gasteiger partial charge >= 0.3 is 0 Å². The van der Waals surface area contributed by atoms with Gasteiger partial charge in [0, 0.05) is 6.54 Å². The van der Waals surface area contributed by atoms with Crippen molar-refractivity contribution >= 4 is 15.9 Å². The topological polar surface area (TPSA) is 12.0 Å². The van der Waals surface area contributed by atoms with Gasteiger partial charge in [-0.25, -0.2) is 0 Å². The van der Waals surface area contributed by atoms with Crippen molar-refractivity contribution in [3.63, 3.8) is 0 Å². The van der Waals surface area contributed by atoms with Crippen molar-refractivity contribution in [1.29, 1.82) is 0 Å². The summed E-state index contributed by atoms with van der Waals surface area (Å²) in [6.45, 7) is 3.15. The van der Waals surface area contributed by atoms with Crippen LogP contribution in [0, 0.1) is 0 Å². The molecule has 72 valence electrons. The highest BCUT2D eigenvalue weighted by Crippen LogP contribution is 2.06. The molecule has 2 heteroatoms. The van der Waals surface area contributed by atoms with Gasteiger partial charge in [0.15, 0.2) is 0 Å². The van der Waals surface area contributed by atoms with Gasteiger partial charge in [0.2, 0.25) is 0 Å². The molecule has 0 atom stereocenters. The second-order valence-corrected chi connectivity index (χ2v) is 3.69. The van der Waals surface area contributed by atoms with E-state index >= 15 is 0 Å². The van der Waals surface area contributed by atoms with Crippen molar-refractivity contribution in [2.24, 2.45) is 0 Å². The van der Waals surface area contributed by atoms with Crippen LogP contribution >= 0.6 is 15.9 Å². The molecule has 0 unspecified atom stereocenters. The minimum Gasteiger partial charge on any atom is -0.303 e. The van der Waals surface area contributed by atoms with Gasteiger partial charge in [-0.1, -0.05) is 53.5 Å². The van der Waals surface area contributed by atoms with Gasteiger partial charge in [-0.3, -0.25) is 0 Å². The van der Waals surface area contributed by atoms with Gasteiger partial charge in [0.05, 0.1) is 5.45 Å². The van der Waals surface area contributed by atoms with Crippen LogP contribution in [0.5, 0.6) is 0 Å². The third-order valence-electron chi connectivity index (χ3n) is 1.99. The Bertz CT molecular complexity index is 230. The van der Waals surface area contributed by atoms with Crippen molar-refractivity contribution in [3.8, 4) is 0 Å². The lowest BCUT2D eigenvalue weighted by Crippen LogP contribution is -2.09. The van der Waals surface area contributed by atoms with E-state index in [1.165, 1.54) is 24.0 Å². The molecule has 0 aliphatic rings. The van der Waals surface area contributed by atoms with E-state index in [0.29, 0.717) is 0 Å². The van der Waals surface area contributed by atoms with Gasteiger partial charge in [0.1, 0.15) is 0 Å². The molecular weight excluding hydrogens is 226 g/mol. The van der Waals surface area contributed by atoms with Crippen LogP contribution in [0.25, 0.3) is 0 Å². The van der Waals surface area contributed by atoms with E-state index in [0.717, 1.165) is 12.0 Å². The molecule has 0 saturated heterocycles. The van der Waals surface area contributed by atoms with Crippen LogP contribution in [0.2, 0.25) is 0 Å². The van der Waals surface area contributed by atoms with Crippen LogP contribution in [-0.2, 0) is 13.0 Å². The second kappa shape index (κ2) is 6.17. The SMILES string of the molecule is CCCc1ccc(CNCBr)cc1. The Morgan fingerprint density at radius 1 is 1.15 bits per heavy atom. The maximum absolute atomic E-state index is 3.34. The van der Waals surface area contributed by atoms with Crippen molar-refractivity contribution in [2.45, 2.75) is 26.3 Å². The monoisotopic (exact) mass is 241 g/mol. The highest BCUT2D eigenvalue weighted by Gasteiger charge is 1.92. The van der Waals surface area contributed by atoms with Crippen LogP contribution in [0.3, 0.4) is 0 Å². The number of rotatable bonds is 5. The minimum atomic E-state index is 0.851. The van der Waals surface area contributed by atoms with E-state index < -0.39 is 0 Å². The van der Waals surface area contributed by atoms with Crippen LogP contribution in [0.15, 0.2) is 24.3 Å². The maximum Gasteiger partial charge on any atom is 0.0519 e. The van der Waals surface area contributed by atoms with Crippen molar-refractivity contribution in [2.75, 3.05) is 5.45 Å². The Morgan fingerprint density at radius 2 is 1.77 bits per heavy atom. The van der Waals surface area contributed by atoms with Crippen LogP contribution < -0.4 is 5.32 Å². The predicted octanol–water partition coefficient (Wildman–Crippen LogP) is 3.08. The van der Waals surface area contributed by atoms with Crippen LogP contribution in [0.1, 0.15) is 24.5 Å². The summed E-state index contributed by atoms with van der Waals surface area (Å²) in [6, 6.07) is 8.82. The summed E-state index contributed by atoms with van der Waals surface area (Å²) in [6.07, 6.45) is 2.41. The summed E-state index contributed by atoms with van der Waals surface area (Å²) in [4.78, 5) is 0. The molecule has 0 aliphatic heterocycles. The molecule has 0 aliphatic carbocycles. The van der Waals surface area contributed by atoms with Gasteiger partial charge in [-0.15, -0.1) is 0 Å². The predicted molar refractivity (Wildman–Crippen MR) is 61.1 cm³/mol. The first-order chi connectivity index (χ1) is 6.36. The van der Waals surface area contributed by atoms with Gasteiger partial charge < -0.3 is 5.32 Å². The van der Waals surface area contributed by atoms with E-state index in [1.54, 1.807) is 0 Å². The molecule has 1 nitrogen and oxygen atoms in total. The smallest absolute Gasteiger partial charge is 0.0519 e. The van der Waals surface area contributed by atoms with Gasteiger partial charge in [-0.2, -0.15) is 0 Å². The van der Waals surface area contributed by atoms with E-state index in [2.05, 4.69) is 52.4 Å². The van der Waals surface area contributed by atoms with E-state index in [9.17, 15) is 0 Å². The number of hydrogen-bond acceptors (Lipinski definition) is 1. The first kappa shape index (κ1) is 10.7. The number of hydrogen-bond donors (Lipinski definition) is 1. The zero-order valence-electron chi connectivity index (χ0n) is 8.02. The molecule has 1 aromatic carbocycles. The molecule has 0 spiro atoms. The molecule has 0 radical (unpaired) electrons. The van der Waals surface area contributed by atoms with Crippen molar-refractivity contribution in [1.82, 2.24) is 5.32 Å². The molecule has 0 aromatic heterocycles. The maximum atomic E-state index is 3.34. The fourth-order valence-corrected chi connectivity index (χ4v) is 1.50. The summed E-state index contributed by atoms with van der Waals surface area (Å²) in [5.74, 6) is 0. The summed E-state index contributed by atoms with van der Waals surface area (Å²) in [7, 11) is 0. The molecule has 1 rings (SSSR count). The first-order valence-corrected chi connectivity index (χ1v) is 5.83. The lowest BCUT2D eigenvalue weighted by Gasteiger charge is -2.03. The third kappa shape index (κ3) is 3.92. The Balaban J connectivity index is 2.48. The zero-order valence-corrected chi connectivity index (χ0v) is 9.60. The largest absolute Gasteiger partial charge is 0.303 e. The quantitative estimate of drug-likeness (QED) is 0.618. The van der Waals surface area contributed by atoms with E-state index in [4.69, 9.17) is 0 Å². The molecule has 13 heavy (non-hydrogen) atoms. The fourth-order valence-electron chi connectivity index (χ4n) is 1.30. The molecule has 0 fully saturated rings. The molecule has 0 heterocycles. The summed E-state index contributed by atoms with van der Waals surface area (Å²) in [5, 5.41) is 3.23. The Morgan fingerprint density at radius 3 is 2.31 bits per heavy atom. The average Bonchev–Trinajstić information content (AvgIpc) is 2.17. The van der Waals surface area contributed by atoms with E-state index in [1.807, 2.05) is 0 Å². The van der Waals surface area contributed by atoms with E-state index in [-0.39, 0.29) is 0 Å². The van der Waals surface area contributed by atoms with Crippen molar-refractivity contribution < 1.29 is 0 Å². The highest BCUT2D eigenvalue weighted by molar-refractivity contribution is 9.09. The number of halogens is 1. The lowest BCUT2D eigenvalue weighted by atomic mass is 10.1. The summed E-state index contributed by atoms with van der Waals surface area (Å²) in [5.41, 5.74) is 3.63. The number of aryl methyl sites for hydroxylation is 1. The van der Waals surface area contributed by atoms with Crippen LogP contribution in [0.4, 0.5) is 0 Å². The minimum absolute atomic E-state index is 0.851. The summed E-state index contributed by atoms with van der Waals surface area (Å²) >= 11 is 3.34. The van der Waals surface area contributed by atoms with Gasteiger partial charge in [0.25, 0.3) is 0 Å². The van der Waals surface area contributed by atoms with Crippen molar-refractivity contribution in [3.05, 3.63) is 35.4 Å². The Kier molecular flexibility index (Phi) is 5.09.